The molecule has 0 fully saturated rings. The van der Waals surface area contributed by atoms with Gasteiger partial charge in [-0.3, -0.25) is 0 Å². The quantitative estimate of drug-likeness (QED) is 0.784. The molecule has 0 bridgehead atoms. The van der Waals surface area contributed by atoms with Crippen molar-refractivity contribution in [2.75, 3.05) is 6.54 Å². The van der Waals surface area contributed by atoms with Gasteiger partial charge in [0.1, 0.15) is 11.9 Å². The molecule has 0 heterocycles. The third-order valence-corrected chi connectivity index (χ3v) is 1.86. The summed E-state index contributed by atoms with van der Waals surface area (Å²) in [4.78, 5) is 0. The Morgan fingerprint density at radius 2 is 1.79 bits per heavy atom. The Morgan fingerprint density at radius 1 is 1.29 bits per heavy atom. The lowest BCUT2D eigenvalue weighted by atomic mass is 10.0. The highest BCUT2D eigenvalue weighted by Crippen LogP contribution is 2.30. The van der Waals surface area contributed by atoms with Gasteiger partial charge in [0, 0.05) is 0 Å². The predicted octanol–water partition coefficient (Wildman–Crippen LogP) is 1.45. The molecule has 78 valence electrons. The molecule has 0 saturated carbocycles. The number of alkyl halides is 2. The Morgan fingerprint density at radius 3 is 2.21 bits per heavy atom. The van der Waals surface area contributed by atoms with Gasteiger partial charge in [0.25, 0.3) is 5.92 Å². The van der Waals surface area contributed by atoms with Gasteiger partial charge in [0.15, 0.2) is 0 Å². The van der Waals surface area contributed by atoms with Gasteiger partial charge in [-0.25, -0.2) is 13.2 Å². The molecule has 14 heavy (non-hydrogen) atoms. The predicted molar refractivity (Wildman–Crippen MR) is 45.4 cm³/mol. The van der Waals surface area contributed by atoms with Crippen molar-refractivity contribution in [2.45, 2.75) is 12.0 Å². The molecular weight excluding hydrogens is 195 g/mol. The summed E-state index contributed by atoms with van der Waals surface area (Å²) in [6, 6.07) is 4.21. The van der Waals surface area contributed by atoms with Crippen molar-refractivity contribution in [1.82, 2.24) is 0 Å². The topological polar surface area (TPSA) is 46.2 Å². The second kappa shape index (κ2) is 3.98. The molecule has 0 aliphatic heterocycles. The molecule has 0 saturated heterocycles. The molecule has 0 radical (unpaired) electrons. The largest absolute Gasteiger partial charge is 0.382 e. The standard InChI is InChI=1S/C9H10F3NO/c10-7-3-1-6(2-4-7)8(14)9(11,12)5-13/h1-4,8,14H,5,13H2. The van der Waals surface area contributed by atoms with E-state index in [1.165, 1.54) is 0 Å². The molecule has 5 heteroatoms. The molecule has 1 aromatic rings. The highest BCUT2D eigenvalue weighted by atomic mass is 19.3. The number of benzene rings is 1. The first-order chi connectivity index (χ1) is 6.47. The molecule has 1 aromatic carbocycles. The summed E-state index contributed by atoms with van der Waals surface area (Å²) in [6.07, 6.45) is -1.99. The number of hydrogen-bond donors (Lipinski definition) is 2. The molecule has 3 N–H and O–H groups in total. The summed E-state index contributed by atoms with van der Waals surface area (Å²) in [7, 11) is 0. The monoisotopic (exact) mass is 205 g/mol. The second-order valence-corrected chi connectivity index (χ2v) is 2.92. The zero-order valence-corrected chi connectivity index (χ0v) is 7.25. The molecule has 0 spiro atoms. The third-order valence-electron chi connectivity index (χ3n) is 1.86. The maximum Gasteiger partial charge on any atom is 0.289 e. The van der Waals surface area contributed by atoms with Gasteiger partial charge in [0.2, 0.25) is 0 Å². The Bertz CT molecular complexity index is 299. The SMILES string of the molecule is NCC(F)(F)C(O)c1ccc(F)cc1. The van der Waals surface area contributed by atoms with Crippen LogP contribution in [0.25, 0.3) is 0 Å². The highest BCUT2D eigenvalue weighted by molar-refractivity contribution is 5.20. The van der Waals surface area contributed by atoms with E-state index >= 15 is 0 Å². The maximum absolute atomic E-state index is 12.9. The summed E-state index contributed by atoms with van der Waals surface area (Å²) >= 11 is 0. The molecule has 2 nitrogen and oxygen atoms in total. The van der Waals surface area contributed by atoms with Crippen LogP contribution in [0.1, 0.15) is 11.7 Å². The Hall–Kier alpha value is -1.07. The van der Waals surface area contributed by atoms with Crippen molar-refractivity contribution in [1.29, 1.82) is 0 Å². The molecule has 0 aliphatic rings. The van der Waals surface area contributed by atoms with Gasteiger partial charge in [-0.2, -0.15) is 0 Å². The van der Waals surface area contributed by atoms with E-state index in [2.05, 4.69) is 0 Å². The molecule has 1 unspecified atom stereocenters. The van der Waals surface area contributed by atoms with E-state index in [0.29, 0.717) is 0 Å². The van der Waals surface area contributed by atoms with Crippen molar-refractivity contribution < 1.29 is 18.3 Å². The summed E-state index contributed by atoms with van der Waals surface area (Å²) in [5.41, 5.74) is 4.74. The number of nitrogens with two attached hydrogens (primary N) is 1. The summed E-state index contributed by atoms with van der Waals surface area (Å²) in [6.45, 7) is -0.953. The average molecular weight is 205 g/mol. The average Bonchev–Trinajstić information content (AvgIpc) is 2.18. The van der Waals surface area contributed by atoms with Crippen LogP contribution < -0.4 is 5.73 Å². The van der Waals surface area contributed by atoms with Crippen molar-refractivity contribution in [3.8, 4) is 0 Å². The first-order valence-electron chi connectivity index (χ1n) is 3.99. The number of rotatable bonds is 3. The van der Waals surface area contributed by atoms with Crippen LogP contribution in [-0.4, -0.2) is 17.6 Å². The zero-order chi connectivity index (χ0) is 10.8. The fourth-order valence-electron chi connectivity index (χ4n) is 1.00. The fourth-order valence-corrected chi connectivity index (χ4v) is 1.00. The Balaban J connectivity index is 2.89. The van der Waals surface area contributed by atoms with Gasteiger partial charge in [-0.05, 0) is 17.7 Å². The lowest BCUT2D eigenvalue weighted by Gasteiger charge is -2.20. The summed E-state index contributed by atoms with van der Waals surface area (Å²) in [5.74, 6) is -3.94. The van der Waals surface area contributed by atoms with Gasteiger partial charge >= 0.3 is 0 Å². The van der Waals surface area contributed by atoms with Crippen molar-refractivity contribution in [3.05, 3.63) is 35.6 Å². The lowest BCUT2D eigenvalue weighted by molar-refractivity contribution is -0.102. The molecule has 1 atom stereocenters. The van der Waals surface area contributed by atoms with Crippen LogP contribution in [-0.2, 0) is 0 Å². The number of aliphatic hydroxyl groups excluding tert-OH is 1. The van der Waals surface area contributed by atoms with Crippen LogP contribution in [0.2, 0.25) is 0 Å². The minimum atomic E-state index is -3.39. The first-order valence-corrected chi connectivity index (χ1v) is 3.99. The van der Waals surface area contributed by atoms with Crippen molar-refractivity contribution in [3.63, 3.8) is 0 Å². The van der Waals surface area contributed by atoms with E-state index in [9.17, 15) is 18.3 Å². The summed E-state index contributed by atoms with van der Waals surface area (Å²) < 4.78 is 38.2. The van der Waals surface area contributed by atoms with Crippen LogP contribution in [0, 0.1) is 5.82 Å². The number of halogens is 3. The molecule has 0 amide bonds. The van der Waals surface area contributed by atoms with Crippen molar-refractivity contribution >= 4 is 0 Å². The van der Waals surface area contributed by atoms with Gasteiger partial charge < -0.3 is 10.8 Å². The van der Waals surface area contributed by atoms with Crippen LogP contribution in [0.3, 0.4) is 0 Å². The minimum Gasteiger partial charge on any atom is -0.382 e. The third kappa shape index (κ3) is 2.24. The first kappa shape index (κ1) is 11.0. The second-order valence-electron chi connectivity index (χ2n) is 2.92. The molecular formula is C9H10F3NO. The minimum absolute atomic E-state index is 0.0538. The molecule has 0 aromatic heterocycles. The van der Waals surface area contributed by atoms with Gasteiger partial charge in [0.05, 0.1) is 6.54 Å². The van der Waals surface area contributed by atoms with Crippen LogP contribution in [0.5, 0.6) is 0 Å². The van der Waals surface area contributed by atoms with Gasteiger partial charge in [-0.1, -0.05) is 12.1 Å². The van der Waals surface area contributed by atoms with Crippen molar-refractivity contribution in [2.24, 2.45) is 5.73 Å². The maximum atomic E-state index is 12.9. The number of hydrogen-bond acceptors (Lipinski definition) is 2. The van der Waals surface area contributed by atoms with E-state index < -0.39 is 24.4 Å². The van der Waals surface area contributed by atoms with Crippen LogP contribution in [0.4, 0.5) is 13.2 Å². The van der Waals surface area contributed by atoms with E-state index in [1.54, 1.807) is 0 Å². The van der Waals surface area contributed by atoms with E-state index in [-0.39, 0.29) is 5.56 Å². The van der Waals surface area contributed by atoms with Gasteiger partial charge in [-0.15, -0.1) is 0 Å². The Labute approximate surface area is 79.2 Å². The van der Waals surface area contributed by atoms with E-state index in [4.69, 9.17) is 5.73 Å². The van der Waals surface area contributed by atoms with E-state index in [1.807, 2.05) is 0 Å². The lowest BCUT2D eigenvalue weighted by Crippen LogP contribution is -2.34. The smallest absolute Gasteiger partial charge is 0.289 e. The summed E-state index contributed by atoms with van der Waals surface area (Å²) in [5, 5.41) is 9.19. The molecule has 0 aliphatic carbocycles. The highest BCUT2D eigenvalue weighted by Gasteiger charge is 2.37. The fraction of sp³-hybridized carbons (Fsp3) is 0.333. The zero-order valence-electron chi connectivity index (χ0n) is 7.25. The normalized spacial score (nSPS) is 14.1. The molecule has 1 rings (SSSR count). The van der Waals surface area contributed by atoms with Crippen LogP contribution >= 0.6 is 0 Å². The number of aliphatic hydroxyl groups is 1. The Kier molecular flexibility index (Phi) is 3.13. The van der Waals surface area contributed by atoms with Crippen LogP contribution in [0.15, 0.2) is 24.3 Å². The van der Waals surface area contributed by atoms with E-state index in [0.717, 1.165) is 24.3 Å².